The van der Waals surface area contributed by atoms with E-state index in [4.69, 9.17) is 14.2 Å². The Morgan fingerprint density at radius 3 is 2.00 bits per heavy atom. The second kappa shape index (κ2) is 13.0. The fourth-order valence-corrected chi connectivity index (χ4v) is 6.85. The maximum absolute atomic E-state index is 13.7. The minimum absolute atomic E-state index is 0.232. The summed E-state index contributed by atoms with van der Waals surface area (Å²) in [5.74, 6) is 0.308. The highest BCUT2D eigenvalue weighted by atomic mass is 16.6. The Bertz CT molecular complexity index is 837. The molecular formula is C30H51B2NO6. The number of carbonyl (C=O) groups excluding carboxylic acids is 3. The molecule has 4 aliphatic carbocycles. The third kappa shape index (κ3) is 8.99. The third-order valence-corrected chi connectivity index (χ3v) is 8.98. The average molecular weight is 543 g/mol. The predicted molar refractivity (Wildman–Crippen MR) is 155 cm³/mol. The first-order valence-corrected chi connectivity index (χ1v) is 15.1. The molecular weight excluding hydrogens is 492 g/mol. The fourth-order valence-electron chi connectivity index (χ4n) is 6.85. The molecule has 3 unspecified atom stereocenters. The van der Waals surface area contributed by atoms with Gasteiger partial charge in [-0.3, -0.25) is 14.4 Å². The molecule has 39 heavy (non-hydrogen) atoms. The van der Waals surface area contributed by atoms with Crippen LogP contribution in [0.25, 0.3) is 0 Å². The lowest BCUT2D eigenvalue weighted by Gasteiger charge is -2.56. The van der Waals surface area contributed by atoms with Crippen molar-refractivity contribution in [3.63, 3.8) is 0 Å². The first-order chi connectivity index (χ1) is 18.1. The zero-order chi connectivity index (χ0) is 29.0. The molecule has 0 aliphatic heterocycles. The molecule has 0 spiro atoms. The maximum Gasteiger partial charge on any atom is 0.308 e. The average Bonchev–Trinajstić information content (AvgIpc) is 2.80. The molecule has 4 bridgehead atoms. The molecule has 218 valence electrons. The van der Waals surface area contributed by atoms with E-state index in [0.717, 1.165) is 19.3 Å². The number of rotatable bonds is 14. The molecule has 4 saturated carbocycles. The number of nitrogens with zero attached hydrogens (tertiary/aromatic N) is 1. The first kappa shape index (κ1) is 32.0. The van der Waals surface area contributed by atoms with E-state index < -0.39 is 16.7 Å². The molecule has 9 heteroatoms. The van der Waals surface area contributed by atoms with Gasteiger partial charge < -0.3 is 19.1 Å². The number of carbonyl (C=O) groups is 3. The van der Waals surface area contributed by atoms with Crippen molar-refractivity contribution in [2.24, 2.45) is 23.7 Å². The quantitative estimate of drug-likeness (QED) is 0.169. The number of hydrogen-bond acceptors (Lipinski definition) is 7. The number of ether oxygens (including phenoxy) is 3. The highest BCUT2D eigenvalue weighted by Gasteiger charge is 2.53. The van der Waals surface area contributed by atoms with E-state index in [1.165, 1.54) is 19.3 Å². The van der Waals surface area contributed by atoms with Gasteiger partial charge in [0.1, 0.15) is 32.4 Å². The van der Waals surface area contributed by atoms with Gasteiger partial charge in [0, 0.05) is 23.6 Å². The summed E-state index contributed by atoms with van der Waals surface area (Å²) >= 11 is 0. The van der Waals surface area contributed by atoms with E-state index in [2.05, 4.69) is 0 Å². The van der Waals surface area contributed by atoms with E-state index in [0.29, 0.717) is 50.0 Å². The van der Waals surface area contributed by atoms with Crippen LogP contribution in [0, 0.1) is 23.7 Å². The van der Waals surface area contributed by atoms with E-state index in [1.807, 2.05) is 75.1 Å². The summed E-state index contributed by atoms with van der Waals surface area (Å²) in [6.07, 6.45) is 8.08. The smallest absolute Gasteiger partial charge is 0.308 e. The molecule has 0 heterocycles. The molecule has 2 radical (unpaired) electrons. The zero-order valence-electron chi connectivity index (χ0n) is 25.7. The van der Waals surface area contributed by atoms with Crippen molar-refractivity contribution >= 4 is 32.5 Å². The van der Waals surface area contributed by atoms with Gasteiger partial charge in [-0.15, -0.1) is 0 Å². The van der Waals surface area contributed by atoms with Crippen molar-refractivity contribution in [3.8, 4) is 0 Å². The van der Waals surface area contributed by atoms with Crippen LogP contribution in [0.5, 0.6) is 0 Å². The Morgan fingerprint density at radius 1 is 0.949 bits per heavy atom. The van der Waals surface area contributed by atoms with Crippen molar-refractivity contribution in [1.29, 1.82) is 0 Å². The standard InChI is InChI=1S/C30H51B2NO6/c1-9-29(6,27(36)37-11-10-33(7)8)32-19-24(31-18-20(2)25(34)38-28(3,4)5)26(35)39-30-15-21-12-22(16-30)14-23(13-21)17-30/h20-24H,9-19H2,1-8H3. The lowest BCUT2D eigenvalue weighted by atomic mass is 9.43. The number of likely N-dealkylation sites (N-methyl/N-ethyl adjacent to an activating group) is 1. The molecule has 0 amide bonds. The monoisotopic (exact) mass is 543 g/mol. The predicted octanol–water partition coefficient (Wildman–Crippen LogP) is 5.20. The fraction of sp³-hybridized carbons (Fsp3) is 0.900. The topological polar surface area (TPSA) is 82.1 Å². The van der Waals surface area contributed by atoms with Crippen LogP contribution in [0.1, 0.15) is 86.5 Å². The summed E-state index contributed by atoms with van der Waals surface area (Å²) in [6, 6.07) is 0. The van der Waals surface area contributed by atoms with Gasteiger partial charge in [-0.25, -0.2) is 0 Å². The molecule has 0 aromatic heterocycles. The normalized spacial score (nSPS) is 28.8. The van der Waals surface area contributed by atoms with Gasteiger partial charge in [0.05, 0.1) is 0 Å². The lowest BCUT2D eigenvalue weighted by Crippen LogP contribution is -2.53. The Hall–Kier alpha value is -1.50. The van der Waals surface area contributed by atoms with E-state index >= 15 is 0 Å². The molecule has 0 aromatic carbocycles. The molecule has 0 aromatic rings. The van der Waals surface area contributed by atoms with Gasteiger partial charge in [0.15, 0.2) is 0 Å². The SMILES string of the molecule is CCC(C)([B]CC([B]CC(C)C(=O)OC(C)(C)C)C(=O)OC12CC3CC(CC(C3)C1)C2)C(=O)OCCN(C)C. The van der Waals surface area contributed by atoms with Gasteiger partial charge >= 0.3 is 17.9 Å². The summed E-state index contributed by atoms with van der Waals surface area (Å²) in [5.41, 5.74) is -0.903. The molecule has 4 aliphatic rings. The summed E-state index contributed by atoms with van der Waals surface area (Å²) < 4.78 is 17.5. The van der Waals surface area contributed by atoms with E-state index in [1.54, 1.807) is 0 Å². The Balaban J connectivity index is 1.67. The summed E-state index contributed by atoms with van der Waals surface area (Å²) in [5, 5.41) is -0.809. The Labute approximate surface area is 238 Å². The van der Waals surface area contributed by atoms with Crippen LogP contribution in [0.3, 0.4) is 0 Å². The van der Waals surface area contributed by atoms with Crippen LogP contribution < -0.4 is 0 Å². The van der Waals surface area contributed by atoms with Gasteiger partial charge in [-0.05, 0) is 97.6 Å². The van der Waals surface area contributed by atoms with E-state index in [-0.39, 0.29) is 29.4 Å². The Morgan fingerprint density at radius 2 is 1.51 bits per heavy atom. The van der Waals surface area contributed by atoms with Crippen molar-refractivity contribution in [2.75, 3.05) is 27.2 Å². The molecule has 0 saturated heterocycles. The van der Waals surface area contributed by atoms with Crippen molar-refractivity contribution < 1.29 is 28.6 Å². The minimum atomic E-state index is -0.809. The highest BCUT2D eigenvalue weighted by Crippen LogP contribution is 2.57. The number of hydrogen-bond donors (Lipinski definition) is 0. The molecule has 4 fully saturated rings. The zero-order valence-corrected chi connectivity index (χ0v) is 25.7. The molecule has 4 rings (SSSR count). The number of esters is 3. The summed E-state index contributed by atoms with van der Waals surface area (Å²) in [7, 11) is 7.70. The largest absolute Gasteiger partial charge is 0.464 e. The van der Waals surface area contributed by atoms with Crippen molar-refractivity contribution in [2.45, 2.75) is 121 Å². The van der Waals surface area contributed by atoms with Crippen LogP contribution in [-0.4, -0.2) is 75.8 Å². The van der Waals surface area contributed by atoms with Gasteiger partial charge in [0.2, 0.25) is 0 Å². The third-order valence-electron chi connectivity index (χ3n) is 8.98. The lowest BCUT2D eigenvalue weighted by molar-refractivity contribution is -0.186. The maximum atomic E-state index is 13.7. The first-order valence-electron chi connectivity index (χ1n) is 15.1. The van der Waals surface area contributed by atoms with Crippen LogP contribution in [0.2, 0.25) is 23.8 Å². The summed E-state index contributed by atoms with van der Waals surface area (Å²) in [4.78, 5) is 41.3. The van der Waals surface area contributed by atoms with Crippen LogP contribution in [0.15, 0.2) is 0 Å². The second-order valence-electron chi connectivity index (χ2n) is 14.2. The highest BCUT2D eigenvalue weighted by molar-refractivity contribution is 6.52. The molecule has 0 N–H and O–H groups in total. The van der Waals surface area contributed by atoms with Crippen molar-refractivity contribution in [1.82, 2.24) is 4.90 Å². The second-order valence-corrected chi connectivity index (χ2v) is 14.2. The summed E-state index contributed by atoms with van der Waals surface area (Å²) in [6.45, 7) is 12.2. The van der Waals surface area contributed by atoms with Crippen LogP contribution >= 0.6 is 0 Å². The van der Waals surface area contributed by atoms with Crippen molar-refractivity contribution in [3.05, 3.63) is 0 Å². The van der Waals surface area contributed by atoms with Gasteiger partial charge in [-0.1, -0.05) is 33.4 Å². The van der Waals surface area contributed by atoms with Gasteiger partial charge in [-0.2, -0.15) is 0 Å². The van der Waals surface area contributed by atoms with Crippen LogP contribution in [0.4, 0.5) is 0 Å². The van der Waals surface area contributed by atoms with Crippen LogP contribution in [-0.2, 0) is 28.6 Å². The Kier molecular flexibility index (Phi) is 10.7. The van der Waals surface area contributed by atoms with Gasteiger partial charge in [0.25, 0.3) is 0 Å². The molecule has 3 atom stereocenters. The minimum Gasteiger partial charge on any atom is -0.464 e. The van der Waals surface area contributed by atoms with E-state index in [9.17, 15) is 14.4 Å². The molecule has 7 nitrogen and oxygen atoms in total.